The monoisotopic (exact) mass is 195 g/mol. The van der Waals surface area contributed by atoms with E-state index in [4.69, 9.17) is 0 Å². The van der Waals surface area contributed by atoms with Gasteiger partial charge in [-0.1, -0.05) is 12.8 Å². The minimum Gasteiger partial charge on any atom is -0.320 e. The molecule has 0 spiro atoms. The number of aromatic nitrogens is 2. The third-order valence-electron chi connectivity index (χ3n) is 2.48. The fourth-order valence-corrected chi connectivity index (χ4v) is 1.55. The molecule has 0 aromatic carbocycles. The zero-order valence-corrected chi connectivity index (χ0v) is 9.29. The predicted octanol–water partition coefficient (Wildman–Crippen LogP) is 1.97. The summed E-state index contributed by atoms with van der Waals surface area (Å²) in [7, 11) is 2.01. The maximum atomic E-state index is 4.25. The van der Waals surface area contributed by atoms with Gasteiger partial charge in [0.05, 0.1) is 0 Å². The summed E-state index contributed by atoms with van der Waals surface area (Å²) in [5, 5.41) is 7.42. The minimum absolute atomic E-state index is 1.07. The lowest BCUT2D eigenvalue weighted by Crippen LogP contribution is -2.07. The Labute approximate surface area is 86.5 Å². The van der Waals surface area contributed by atoms with E-state index in [1.165, 1.54) is 31.4 Å². The molecular formula is C11H21N3. The number of hydrogen-bond acceptors (Lipinski definition) is 2. The summed E-state index contributed by atoms with van der Waals surface area (Å²) in [6.07, 6.45) is 7.03. The van der Waals surface area contributed by atoms with E-state index in [-0.39, 0.29) is 0 Å². The molecule has 0 saturated heterocycles. The molecule has 14 heavy (non-hydrogen) atoms. The van der Waals surface area contributed by atoms with Crippen LogP contribution in [0.3, 0.4) is 0 Å². The van der Waals surface area contributed by atoms with E-state index in [2.05, 4.69) is 28.1 Å². The average Bonchev–Trinajstić information content (AvgIpc) is 2.58. The lowest BCUT2D eigenvalue weighted by atomic mass is 10.2. The maximum absolute atomic E-state index is 4.25. The van der Waals surface area contributed by atoms with Crippen molar-refractivity contribution in [1.82, 2.24) is 15.1 Å². The van der Waals surface area contributed by atoms with Gasteiger partial charge in [0, 0.05) is 18.4 Å². The largest absolute Gasteiger partial charge is 0.320 e. The number of unbranched alkanes of at least 4 members (excludes halogenated alkanes) is 3. The summed E-state index contributed by atoms with van der Waals surface area (Å²) in [5.74, 6) is 0. The molecular weight excluding hydrogens is 174 g/mol. The highest BCUT2D eigenvalue weighted by atomic mass is 15.3. The van der Waals surface area contributed by atoms with Crippen LogP contribution in [0.15, 0.2) is 12.3 Å². The molecule has 80 valence electrons. The number of nitrogens with one attached hydrogen (secondary N) is 1. The molecule has 0 amide bonds. The Kier molecular flexibility index (Phi) is 5.30. The van der Waals surface area contributed by atoms with Crippen molar-refractivity contribution in [3.8, 4) is 0 Å². The summed E-state index contributed by atoms with van der Waals surface area (Å²) >= 11 is 0. The molecule has 1 aromatic heterocycles. The molecule has 0 saturated carbocycles. The molecule has 3 nitrogen and oxygen atoms in total. The molecule has 0 bridgehead atoms. The molecule has 0 aliphatic carbocycles. The molecule has 0 fully saturated rings. The highest BCUT2D eigenvalue weighted by molar-refractivity contribution is 4.96. The highest BCUT2D eigenvalue weighted by Crippen LogP contribution is 2.03. The fourth-order valence-electron chi connectivity index (χ4n) is 1.55. The van der Waals surface area contributed by atoms with Gasteiger partial charge in [-0.25, -0.2) is 0 Å². The third kappa shape index (κ3) is 3.92. The van der Waals surface area contributed by atoms with Crippen molar-refractivity contribution < 1.29 is 0 Å². The summed E-state index contributed by atoms with van der Waals surface area (Å²) in [5.41, 5.74) is 1.26. The smallest absolute Gasteiger partial charge is 0.0492 e. The number of hydrogen-bond donors (Lipinski definition) is 1. The molecule has 0 atom stereocenters. The summed E-state index contributed by atoms with van der Waals surface area (Å²) in [6, 6.07) is 2.06. The molecule has 1 rings (SSSR count). The Balaban J connectivity index is 2.02. The maximum Gasteiger partial charge on any atom is 0.0492 e. The first kappa shape index (κ1) is 11.2. The van der Waals surface area contributed by atoms with Crippen LogP contribution in [0.25, 0.3) is 0 Å². The molecule has 1 heterocycles. The lowest BCUT2D eigenvalue weighted by molar-refractivity contribution is 0.523. The quantitative estimate of drug-likeness (QED) is 0.674. The SMILES string of the molecule is CNCCCCCCn1nccc1C. The first-order valence-electron chi connectivity index (χ1n) is 5.47. The second-order valence-corrected chi connectivity index (χ2v) is 3.71. The van der Waals surface area contributed by atoms with Crippen molar-refractivity contribution in [2.45, 2.75) is 39.2 Å². The van der Waals surface area contributed by atoms with Crippen LogP contribution >= 0.6 is 0 Å². The van der Waals surface area contributed by atoms with Crippen LogP contribution in [0.5, 0.6) is 0 Å². The number of rotatable bonds is 7. The van der Waals surface area contributed by atoms with Gasteiger partial charge in [0.15, 0.2) is 0 Å². The summed E-state index contributed by atoms with van der Waals surface area (Å²) < 4.78 is 2.08. The van der Waals surface area contributed by atoms with Gasteiger partial charge in [-0.05, 0) is 39.4 Å². The van der Waals surface area contributed by atoms with Crippen molar-refractivity contribution in [3.05, 3.63) is 18.0 Å². The predicted molar refractivity (Wildman–Crippen MR) is 59.4 cm³/mol. The van der Waals surface area contributed by atoms with Crippen molar-refractivity contribution >= 4 is 0 Å². The first-order valence-corrected chi connectivity index (χ1v) is 5.47. The van der Waals surface area contributed by atoms with Crippen molar-refractivity contribution in [3.63, 3.8) is 0 Å². The Morgan fingerprint density at radius 3 is 2.71 bits per heavy atom. The van der Waals surface area contributed by atoms with Gasteiger partial charge in [0.25, 0.3) is 0 Å². The van der Waals surface area contributed by atoms with E-state index in [9.17, 15) is 0 Å². The van der Waals surface area contributed by atoms with Crippen LogP contribution in [-0.2, 0) is 6.54 Å². The van der Waals surface area contributed by atoms with Crippen molar-refractivity contribution in [2.24, 2.45) is 0 Å². The van der Waals surface area contributed by atoms with Crippen LogP contribution in [0.2, 0.25) is 0 Å². The van der Waals surface area contributed by atoms with Gasteiger partial charge in [0.2, 0.25) is 0 Å². The van der Waals surface area contributed by atoms with Gasteiger partial charge >= 0.3 is 0 Å². The zero-order valence-electron chi connectivity index (χ0n) is 9.29. The topological polar surface area (TPSA) is 29.9 Å². The Hall–Kier alpha value is -0.830. The van der Waals surface area contributed by atoms with Crippen LogP contribution < -0.4 is 5.32 Å². The van der Waals surface area contributed by atoms with Gasteiger partial charge in [-0.2, -0.15) is 5.10 Å². The molecule has 3 heteroatoms. The van der Waals surface area contributed by atoms with E-state index < -0.39 is 0 Å². The van der Waals surface area contributed by atoms with Crippen LogP contribution in [0, 0.1) is 6.92 Å². The second-order valence-electron chi connectivity index (χ2n) is 3.71. The van der Waals surface area contributed by atoms with Gasteiger partial charge in [-0.15, -0.1) is 0 Å². The van der Waals surface area contributed by atoms with E-state index >= 15 is 0 Å². The fraction of sp³-hybridized carbons (Fsp3) is 0.727. The Morgan fingerprint density at radius 2 is 2.07 bits per heavy atom. The Bertz CT molecular complexity index is 242. The summed E-state index contributed by atoms with van der Waals surface area (Å²) in [4.78, 5) is 0. The molecule has 0 aliphatic rings. The molecule has 1 aromatic rings. The number of nitrogens with zero attached hydrogens (tertiary/aromatic N) is 2. The Morgan fingerprint density at radius 1 is 1.29 bits per heavy atom. The molecule has 1 N–H and O–H groups in total. The van der Waals surface area contributed by atoms with Gasteiger partial charge < -0.3 is 5.32 Å². The summed E-state index contributed by atoms with van der Waals surface area (Å²) in [6.45, 7) is 4.31. The zero-order chi connectivity index (χ0) is 10.2. The lowest BCUT2D eigenvalue weighted by Gasteiger charge is -2.04. The van der Waals surface area contributed by atoms with Gasteiger partial charge in [-0.3, -0.25) is 4.68 Å². The molecule has 0 aliphatic heterocycles. The van der Waals surface area contributed by atoms with Gasteiger partial charge in [0.1, 0.15) is 0 Å². The van der Waals surface area contributed by atoms with Crippen LogP contribution in [0.4, 0.5) is 0 Å². The average molecular weight is 195 g/mol. The standard InChI is InChI=1S/C11H21N3/c1-11-7-9-13-14(11)10-6-4-3-5-8-12-2/h7,9,12H,3-6,8,10H2,1-2H3. The minimum atomic E-state index is 1.07. The van der Waals surface area contributed by atoms with Crippen molar-refractivity contribution in [1.29, 1.82) is 0 Å². The van der Waals surface area contributed by atoms with E-state index in [0.29, 0.717) is 0 Å². The normalized spacial score (nSPS) is 10.7. The molecule has 0 unspecified atom stereocenters. The third-order valence-corrected chi connectivity index (χ3v) is 2.48. The van der Waals surface area contributed by atoms with E-state index in [1.54, 1.807) is 0 Å². The number of aryl methyl sites for hydroxylation is 2. The first-order chi connectivity index (χ1) is 6.84. The highest BCUT2D eigenvalue weighted by Gasteiger charge is 1.95. The van der Waals surface area contributed by atoms with E-state index in [0.717, 1.165) is 13.1 Å². The molecule has 0 radical (unpaired) electrons. The van der Waals surface area contributed by atoms with Crippen molar-refractivity contribution in [2.75, 3.05) is 13.6 Å². The van der Waals surface area contributed by atoms with Crippen LogP contribution in [0.1, 0.15) is 31.4 Å². The van der Waals surface area contributed by atoms with Crippen LogP contribution in [-0.4, -0.2) is 23.4 Å². The second kappa shape index (κ2) is 6.60. The van der Waals surface area contributed by atoms with E-state index in [1.807, 2.05) is 13.2 Å².